The zero-order valence-corrected chi connectivity index (χ0v) is 20.5. The highest BCUT2D eigenvalue weighted by atomic mass is 16.7. The van der Waals surface area contributed by atoms with E-state index in [2.05, 4.69) is 6.92 Å². The predicted molar refractivity (Wildman–Crippen MR) is 126 cm³/mol. The van der Waals surface area contributed by atoms with E-state index in [4.69, 9.17) is 19.3 Å². The highest BCUT2D eigenvalue weighted by molar-refractivity contribution is 5.69. The number of carbonyl (C=O) groups excluding carboxylic acids is 1. The van der Waals surface area contributed by atoms with Crippen LogP contribution in [0.2, 0.25) is 0 Å². The van der Waals surface area contributed by atoms with Gasteiger partial charge >= 0.3 is 5.97 Å². The molecule has 0 radical (unpaired) electrons. The van der Waals surface area contributed by atoms with E-state index in [1.807, 2.05) is 0 Å². The topological polar surface area (TPSA) is 126 Å². The molecule has 1 aliphatic rings. The molecule has 0 amide bonds. The summed E-state index contributed by atoms with van der Waals surface area (Å²) in [7, 11) is 0. The van der Waals surface area contributed by atoms with Gasteiger partial charge in [0.1, 0.15) is 12.2 Å². The minimum atomic E-state index is -1.48. The monoisotopic (exact) mass is 476 g/mol. The molecule has 1 rings (SSSR count). The van der Waals surface area contributed by atoms with Crippen LogP contribution in [-0.4, -0.2) is 76.9 Å². The van der Waals surface area contributed by atoms with Gasteiger partial charge in [0.15, 0.2) is 12.4 Å². The first-order valence-electron chi connectivity index (χ1n) is 13.1. The van der Waals surface area contributed by atoms with Gasteiger partial charge in [0.2, 0.25) is 0 Å². The molecule has 1 aliphatic heterocycles. The highest BCUT2D eigenvalue weighted by Crippen LogP contribution is 2.19. The van der Waals surface area contributed by atoms with Crippen LogP contribution >= 0.6 is 0 Å². The van der Waals surface area contributed by atoms with Crippen LogP contribution in [0.3, 0.4) is 0 Å². The van der Waals surface area contributed by atoms with E-state index in [-0.39, 0.29) is 12.5 Å². The van der Waals surface area contributed by atoms with Gasteiger partial charge in [-0.25, -0.2) is 0 Å². The molecule has 0 spiro atoms. The summed E-state index contributed by atoms with van der Waals surface area (Å²) in [6, 6.07) is 0. The van der Waals surface area contributed by atoms with Gasteiger partial charge in [-0.05, 0) is 19.3 Å². The molecule has 4 N–H and O–H groups in total. The Morgan fingerprint density at radius 1 is 0.848 bits per heavy atom. The smallest absolute Gasteiger partial charge is 0.306 e. The maximum atomic E-state index is 12.2. The lowest BCUT2D eigenvalue weighted by Crippen LogP contribution is -2.48. The zero-order chi connectivity index (χ0) is 24.3. The summed E-state index contributed by atoms with van der Waals surface area (Å²) in [6.45, 7) is 2.19. The van der Waals surface area contributed by atoms with Crippen LogP contribution < -0.4 is 0 Å². The van der Waals surface area contributed by atoms with Crippen molar-refractivity contribution in [2.24, 2.45) is 0 Å². The Kier molecular flexibility index (Phi) is 17.9. The average molecular weight is 477 g/mol. The first kappa shape index (κ1) is 30.3. The van der Waals surface area contributed by atoms with Crippen molar-refractivity contribution in [3.05, 3.63) is 0 Å². The van der Waals surface area contributed by atoms with Crippen molar-refractivity contribution in [2.75, 3.05) is 19.8 Å². The molecule has 0 aliphatic carbocycles. The molecule has 1 heterocycles. The van der Waals surface area contributed by atoms with Crippen molar-refractivity contribution in [2.45, 2.75) is 134 Å². The summed E-state index contributed by atoms with van der Waals surface area (Å²) in [5.74, 6) is -0.475. The number of aliphatic hydroxyl groups is 4. The quantitative estimate of drug-likeness (QED) is 0.147. The Morgan fingerprint density at radius 2 is 1.36 bits per heavy atom. The van der Waals surface area contributed by atoms with Gasteiger partial charge in [-0.3, -0.25) is 4.79 Å². The number of ether oxygens (including phenoxy) is 3. The molecule has 8 heteroatoms. The van der Waals surface area contributed by atoms with Crippen LogP contribution in [-0.2, 0) is 19.0 Å². The van der Waals surface area contributed by atoms with E-state index >= 15 is 0 Å². The van der Waals surface area contributed by atoms with E-state index in [9.17, 15) is 20.1 Å². The lowest BCUT2D eigenvalue weighted by atomic mass is 10.0. The molecule has 1 unspecified atom stereocenters. The van der Waals surface area contributed by atoms with Crippen LogP contribution in [0.25, 0.3) is 0 Å². The molecule has 33 heavy (non-hydrogen) atoms. The maximum Gasteiger partial charge on any atom is 0.306 e. The lowest BCUT2D eigenvalue weighted by molar-refractivity contribution is -0.204. The number of hydrogen-bond acceptors (Lipinski definition) is 8. The van der Waals surface area contributed by atoms with Gasteiger partial charge < -0.3 is 34.6 Å². The standard InChI is InChI=1S/C25H48O8/c1-2-3-4-11-14-20(27)15-12-9-7-5-6-8-10-13-16-22(29)33-24(23(30)21(28)19-26)25-31-17-18-32-25/h20-21,23-28,30H,2-19H2,1H3/t20?,21-,23+,24-/m1/s1. The van der Waals surface area contributed by atoms with E-state index in [0.717, 1.165) is 51.4 Å². The number of esters is 1. The predicted octanol–water partition coefficient (Wildman–Crippen LogP) is 3.22. The van der Waals surface area contributed by atoms with Crippen molar-refractivity contribution < 1.29 is 39.4 Å². The molecule has 8 nitrogen and oxygen atoms in total. The van der Waals surface area contributed by atoms with E-state index < -0.39 is 37.2 Å². The largest absolute Gasteiger partial charge is 0.454 e. The summed E-state index contributed by atoms with van der Waals surface area (Å²) in [5, 5.41) is 38.9. The molecule has 0 aromatic carbocycles. The fraction of sp³-hybridized carbons (Fsp3) is 0.960. The van der Waals surface area contributed by atoms with Gasteiger partial charge in [-0.2, -0.15) is 0 Å². The number of rotatable bonds is 21. The van der Waals surface area contributed by atoms with Crippen LogP contribution in [0.1, 0.15) is 103 Å². The Morgan fingerprint density at radius 3 is 1.91 bits per heavy atom. The summed E-state index contributed by atoms with van der Waals surface area (Å²) in [4.78, 5) is 12.2. The van der Waals surface area contributed by atoms with Crippen LogP contribution in [0.4, 0.5) is 0 Å². The van der Waals surface area contributed by atoms with E-state index in [1.165, 1.54) is 32.1 Å². The highest BCUT2D eigenvalue weighted by Gasteiger charge is 2.39. The molecule has 1 fully saturated rings. The number of aliphatic hydroxyl groups excluding tert-OH is 4. The number of unbranched alkanes of at least 4 members (excludes halogenated alkanes) is 10. The minimum Gasteiger partial charge on any atom is -0.454 e. The lowest BCUT2D eigenvalue weighted by Gasteiger charge is -2.29. The third-order valence-electron chi connectivity index (χ3n) is 6.16. The fourth-order valence-corrected chi connectivity index (χ4v) is 4.05. The molecule has 196 valence electrons. The average Bonchev–Trinajstić information content (AvgIpc) is 3.35. The molecule has 0 aromatic rings. The van der Waals surface area contributed by atoms with Crippen molar-refractivity contribution in [1.29, 1.82) is 0 Å². The van der Waals surface area contributed by atoms with Gasteiger partial charge in [0.05, 0.1) is 25.9 Å². The van der Waals surface area contributed by atoms with Crippen LogP contribution in [0.5, 0.6) is 0 Å². The molecule has 0 saturated carbocycles. The Balaban J connectivity index is 2.04. The van der Waals surface area contributed by atoms with Gasteiger partial charge in [0.25, 0.3) is 0 Å². The fourth-order valence-electron chi connectivity index (χ4n) is 4.05. The van der Waals surface area contributed by atoms with Crippen molar-refractivity contribution in [3.8, 4) is 0 Å². The first-order valence-corrected chi connectivity index (χ1v) is 13.1. The molecule has 1 saturated heterocycles. The number of carbonyl (C=O) groups is 1. The first-order chi connectivity index (χ1) is 16.0. The van der Waals surface area contributed by atoms with Gasteiger partial charge in [-0.1, -0.05) is 77.6 Å². The Labute approximate surface area is 199 Å². The maximum absolute atomic E-state index is 12.2. The van der Waals surface area contributed by atoms with E-state index in [0.29, 0.717) is 19.6 Å². The van der Waals surface area contributed by atoms with Gasteiger partial charge in [-0.15, -0.1) is 0 Å². The molecular weight excluding hydrogens is 428 g/mol. The molecule has 0 bridgehead atoms. The third kappa shape index (κ3) is 14.3. The number of hydrogen-bond donors (Lipinski definition) is 4. The normalized spacial score (nSPS) is 18.2. The van der Waals surface area contributed by atoms with E-state index in [1.54, 1.807) is 0 Å². The second-order valence-electron chi connectivity index (χ2n) is 9.18. The van der Waals surface area contributed by atoms with Gasteiger partial charge in [0, 0.05) is 6.42 Å². The zero-order valence-electron chi connectivity index (χ0n) is 20.5. The minimum absolute atomic E-state index is 0.138. The Hall–Kier alpha value is -0.770. The van der Waals surface area contributed by atoms with Crippen molar-refractivity contribution in [1.82, 2.24) is 0 Å². The van der Waals surface area contributed by atoms with Crippen LogP contribution in [0, 0.1) is 0 Å². The second-order valence-corrected chi connectivity index (χ2v) is 9.18. The van der Waals surface area contributed by atoms with Crippen molar-refractivity contribution in [3.63, 3.8) is 0 Å². The molecule has 4 atom stereocenters. The van der Waals surface area contributed by atoms with Crippen molar-refractivity contribution >= 4 is 5.97 Å². The summed E-state index contributed by atoms with van der Waals surface area (Å²) in [6.07, 6.45) is 10.2. The Bertz CT molecular complexity index is 469. The summed E-state index contributed by atoms with van der Waals surface area (Å²) >= 11 is 0. The summed E-state index contributed by atoms with van der Waals surface area (Å²) in [5.41, 5.74) is 0. The molecule has 0 aromatic heterocycles. The third-order valence-corrected chi connectivity index (χ3v) is 6.16. The molecular formula is C25H48O8. The van der Waals surface area contributed by atoms with Crippen LogP contribution in [0.15, 0.2) is 0 Å². The summed E-state index contributed by atoms with van der Waals surface area (Å²) < 4.78 is 15.9. The second kappa shape index (κ2) is 19.5. The SMILES string of the molecule is CCCCCCC(O)CCCCCCCCCCC(=O)O[C@@H](C1OCCO1)[C@@H](O)[C@H](O)CO.